The summed E-state index contributed by atoms with van der Waals surface area (Å²) in [5, 5.41) is 2.70. The first kappa shape index (κ1) is 13.6. The van der Waals surface area contributed by atoms with Gasteiger partial charge in [0.25, 0.3) is 5.91 Å². The van der Waals surface area contributed by atoms with Crippen LogP contribution in [0.25, 0.3) is 0 Å². The van der Waals surface area contributed by atoms with Gasteiger partial charge in [-0.3, -0.25) is 14.0 Å². The van der Waals surface area contributed by atoms with Crippen molar-refractivity contribution in [3.63, 3.8) is 0 Å². The maximum atomic E-state index is 11.8. The van der Waals surface area contributed by atoms with E-state index in [1.54, 1.807) is 13.0 Å². The zero-order chi connectivity index (χ0) is 12.8. The lowest BCUT2D eigenvalue weighted by Gasteiger charge is -2.07. The van der Waals surface area contributed by atoms with E-state index in [1.807, 2.05) is 6.92 Å². The number of aryl methyl sites for hydroxylation is 1. The van der Waals surface area contributed by atoms with Crippen LogP contribution >= 0.6 is 0 Å². The van der Waals surface area contributed by atoms with Gasteiger partial charge in [-0.25, -0.2) is 0 Å². The van der Waals surface area contributed by atoms with Gasteiger partial charge < -0.3 is 11.1 Å². The standard InChI is InChI=1S/C11H17N3O2S/c1-3-17(16)5-4-13-11(15)10-6-9(12)7-14-8(10)2/h6-7H,3-5,12H2,1-2H3,(H,13,15). The molecule has 0 radical (unpaired) electrons. The predicted molar refractivity (Wildman–Crippen MR) is 69.3 cm³/mol. The summed E-state index contributed by atoms with van der Waals surface area (Å²) in [6.45, 7) is 4.00. The van der Waals surface area contributed by atoms with Crippen molar-refractivity contribution in [2.45, 2.75) is 13.8 Å². The number of nitrogen functional groups attached to an aromatic ring is 1. The molecule has 0 saturated heterocycles. The Morgan fingerprint density at radius 1 is 1.59 bits per heavy atom. The Hall–Kier alpha value is -1.43. The molecule has 0 aliphatic rings. The minimum Gasteiger partial charge on any atom is -0.397 e. The molecule has 0 aromatic carbocycles. The van der Waals surface area contributed by atoms with Crippen LogP contribution in [0, 0.1) is 6.92 Å². The van der Waals surface area contributed by atoms with E-state index in [2.05, 4.69) is 10.3 Å². The minimum atomic E-state index is -0.865. The molecular formula is C11H17N3O2S. The number of pyridine rings is 1. The zero-order valence-electron chi connectivity index (χ0n) is 10.0. The van der Waals surface area contributed by atoms with E-state index in [-0.39, 0.29) is 5.91 Å². The van der Waals surface area contributed by atoms with Crippen molar-refractivity contribution in [1.82, 2.24) is 10.3 Å². The summed E-state index contributed by atoms with van der Waals surface area (Å²) in [7, 11) is -0.865. The summed E-state index contributed by atoms with van der Waals surface area (Å²) < 4.78 is 11.2. The van der Waals surface area contributed by atoms with Crippen LogP contribution in [0.2, 0.25) is 0 Å². The third kappa shape index (κ3) is 4.14. The number of nitrogens with two attached hydrogens (primary N) is 1. The third-order valence-electron chi connectivity index (χ3n) is 2.29. The summed E-state index contributed by atoms with van der Waals surface area (Å²) >= 11 is 0. The molecule has 94 valence electrons. The van der Waals surface area contributed by atoms with Crippen LogP contribution in [0.3, 0.4) is 0 Å². The van der Waals surface area contributed by atoms with Crippen molar-refractivity contribution in [3.05, 3.63) is 23.5 Å². The molecule has 1 amide bonds. The summed E-state index contributed by atoms with van der Waals surface area (Å²) in [4.78, 5) is 15.8. The molecule has 0 aliphatic carbocycles. The molecule has 0 saturated carbocycles. The SMILES string of the molecule is CCS(=O)CCNC(=O)c1cc(N)cnc1C. The van der Waals surface area contributed by atoms with Crippen molar-refractivity contribution in [1.29, 1.82) is 0 Å². The first-order valence-electron chi connectivity index (χ1n) is 5.40. The zero-order valence-corrected chi connectivity index (χ0v) is 10.8. The van der Waals surface area contributed by atoms with Gasteiger partial charge in [0.2, 0.25) is 0 Å². The van der Waals surface area contributed by atoms with Gasteiger partial charge in [-0.15, -0.1) is 0 Å². The molecule has 0 spiro atoms. The van der Waals surface area contributed by atoms with Crippen LogP contribution in [0.4, 0.5) is 5.69 Å². The van der Waals surface area contributed by atoms with Gasteiger partial charge in [0, 0.05) is 28.9 Å². The first-order chi connectivity index (χ1) is 8.04. The van der Waals surface area contributed by atoms with Crippen molar-refractivity contribution < 1.29 is 9.00 Å². The number of amides is 1. The second-order valence-electron chi connectivity index (χ2n) is 3.59. The molecule has 1 heterocycles. The highest BCUT2D eigenvalue weighted by Gasteiger charge is 2.10. The molecular weight excluding hydrogens is 238 g/mol. The molecule has 3 N–H and O–H groups in total. The van der Waals surface area contributed by atoms with Crippen LogP contribution in [0.5, 0.6) is 0 Å². The number of hydrogen-bond acceptors (Lipinski definition) is 4. The Morgan fingerprint density at radius 2 is 2.29 bits per heavy atom. The normalized spacial score (nSPS) is 12.1. The van der Waals surface area contributed by atoms with Crippen LogP contribution in [0.1, 0.15) is 23.0 Å². The average molecular weight is 255 g/mol. The van der Waals surface area contributed by atoms with Gasteiger partial charge in [-0.1, -0.05) is 6.92 Å². The van der Waals surface area contributed by atoms with Gasteiger partial charge in [0.15, 0.2) is 0 Å². The number of anilines is 1. The number of carbonyl (C=O) groups is 1. The summed E-state index contributed by atoms with van der Waals surface area (Å²) in [6, 6.07) is 1.59. The maximum absolute atomic E-state index is 11.8. The first-order valence-corrected chi connectivity index (χ1v) is 6.88. The van der Waals surface area contributed by atoms with Gasteiger partial charge in [-0.05, 0) is 13.0 Å². The molecule has 1 rings (SSSR count). The second-order valence-corrected chi connectivity index (χ2v) is 5.46. The van der Waals surface area contributed by atoms with Gasteiger partial charge >= 0.3 is 0 Å². The number of aromatic nitrogens is 1. The fourth-order valence-electron chi connectivity index (χ4n) is 1.30. The average Bonchev–Trinajstić information content (AvgIpc) is 2.31. The van der Waals surface area contributed by atoms with E-state index in [0.717, 1.165) is 0 Å². The van der Waals surface area contributed by atoms with E-state index in [1.165, 1.54) is 6.20 Å². The van der Waals surface area contributed by atoms with Crippen LogP contribution in [0.15, 0.2) is 12.3 Å². The predicted octanol–water partition coefficient (Wildman–Crippen LogP) is 0.471. The summed E-state index contributed by atoms with van der Waals surface area (Å²) in [5.41, 5.74) is 7.13. The van der Waals surface area contributed by atoms with Gasteiger partial charge in [0.05, 0.1) is 23.1 Å². The quantitative estimate of drug-likeness (QED) is 0.801. The summed E-state index contributed by atoms with van der Waals surface area (Å²) in [6.07, 6.45) is 1.51. The largest absolute Gasteiger partial charge is 0.397 e. The Balaban J connectivity index is 2.58. The minimum absolute atomic E-state index is 0.226. The maximum Gasteiger partial charge on any atom is 0.253 e. The monoisotopic (exact) mass is 255 g/mol. The van der Waals surface area contributed by atoms with Crippen molar-refractivity contribution in [2.24, 2.45) is 0 Å². The molecule has 1 atom stereocenters. The summed E-state index contributed by atoms with van der Waals surface area (Å²) in [5.74, 6) is 0.849. The fourth-order valence-corrected chi connectivity index (χ4v) is 1.92. The topological polar surface area (TPSA) is 85.1 Å². The highest BCUT2D eigenvalue weighted by molar-refractivity contribution is 7.84. The molecule has 5 nitrogen and oxygen atoms in total. The van der Waals surface area contributed by atoms with E-state index >= 15 is 0 Å². The molecule has 0 aliphatic heterocycles. The number of rotatable bonds is 5. The number of nitrogens with zero attached hydrogens (tertiary/aromatic N) is 1. The number of nitrogens with one attached hydrogen (secondary N) is 1. The Morgan fingerprint density at radius 3 is 2.94 bits per heavy atom. The Bertz CT molecular complexity index is 435. The fraction of sp³-hybridized carbons (Fsp3) is 0.455. The van der Waals surface area contributed by atoms with E-state index in [4.69, 9.17) is 5.73 Å². The molecule has 6 heteroatoms. The number of carbonyl (C=O) groups excluding carboxylic acids is 1. The van der Waals surface area contributed by atoms with Crippen LogP contribution < -0.4 is 11.1 Å². The highest BCUT2D eigenvalue weighted by atomic mass is 32.2. The lowest BCUT2D eigenvalue weighted by atomic mass is 10.2. The van der Waals surface area contributed by atoms with Crippen molar-refractivity contribution in [3.8, 4) is 0 Å². The molecule has 1 unspecified atom stereocenters. The lowest BCUT2D eigenvalue weighted by Crippen LogP contribution is -2.28. The third-order valence-corrected chi connectivity index (χ3v) is 3.59. The van der Waals surface area contributed by atoms with E-state index in [9.17, 15) is 9.00 Å². The molecule has 17 heavy (non-hydrogen) atoms. The van der Waals surface area contributed by atoms with Crippen LogP contribution in [-0.2, 0) is 10.8 Å². The van der Waals surface area contributed by atoms with Crippen molar-refractivity contribution in [2.75, 3.05) is 23.8 Å². The highest BCUT2D eigenvalue weighted by Crippen LogP contribution is 2.08. The van der Waals surface area contributed by atoms with Gasteiger partial charge in [-0.2, -0.15) is 0 Å². The molecule has 1 aromatic rings. The molecule has 0 bridgehead atoms. The number of hydrogen-bond donors (Lipinski definition) is 2. The lowest BCUT2D eigenvalue weighted by molar-refractivity contribution is 0.0955. The molecule has 1 aromatic heterocycles. The van der Waals surface area contributed by atoms with Crippen LogP contribution in [-0.4, -0.2) is 33.2 Å². The van der Waals surface area contributed by atoms with Crippen molar-refractivity contribution >= 4 is 22.4 Å². The van der Waals surface area contributed by atoms with Gasteiger partial charge in [0.1, 0.15) is 0 Å². The second kappa shape index (κ2) is 6.34. The molecule has 0 fully saturated rings. The van der Waals surface area contributed by atoms with E-state index in [0.29, 0.717) is 35.0 Å². The Labute approximate surface area is 103 Å². The smallest absolute Gasteiger partial charge is 0.253 e. The van der Waals surface area contributed by atoms with E-state index < -0.39 is 10.8 Å². The Kier molecular flexibility index (Phi) is 5.09.